The van der Waals surface area contributed by atoms with Gasteiger partial charge in [0.2, 0.25) is 0 Å². The van der Waals surface area contributed by atoms with Gasteiger partial charge < -0.3 is 0 Å². The Hall–Kier alpha value is -1.70. The van der Waals surface area contributed by atoms with Crippen molar-refractivity contribution in [2.24, 2.45) is 0 Å². The van der Waals surface area contributed by atoms with E-state index in [1.807, 2.05) is 0 Å². The van der Waals surface area contributed by atoms with Gasteiger partial charge in [0.15, 0.2) is 0 Å². The van der Waals surface area contributed by atoms with Crippen LogP contribution in [0, 0.1) is 10.1 Å². The molecule has 98 valence electrons. The van der Waals surface area contributed by atoms with Crippen LogP contribution in [0.15, 0.2) is 12.3 Å². The first-order valence-electron chi connectivity index (χ1n) is 5.26. The zero-order chi connectivity index (χ0) is 13.3. The Morgan fingerprint density at radius 3 is 2.83 bits per heavy atom. The van der Waals surface area contributed by atoms with Crippen LogP contribution in [0.1, 0.15) is 11.3 Å². The summed E-state index contributed by atoms with van der Waals surface area (Å²) in [7, 11) is 0. The fourth-order valence-corrected chi connectivity index (χ4v) is 1.96. The maximum Gasteiger partial charge on any atom is 0.401 e. The number of nitro groups is 1. The minimum Gasteiger partial charge on any atom is -0.290 e. The van der Waals surface area contributed by atoms with Gasteiger partial charge in [-0.15, -0.1) is 0 Å². The molecule has 18 heavy (non-hydrogen) atoms. The first-order valence-corrected chi connectivity index (χ1v) is 5.26. The Morgan fingerprint density at radius 1 is 1.50 bits per heavy atom. The molecule has 2 rings (SSSR count). The number of hydrogen-bond donors (Lipinski definition) is 0. The second-order valence-electron chi connectivity index (χ2n) is 4.13. The van der Waals surface area contributed by atoms with E-state index in [2.05, 4.69) is 4.98 Å². The van der Waals surface area contributed by atoms with Gasteiger partial charge in [0.1, 0.15) is 6.20 Å². The molecule has 0 unspecified atom stereocenters. The van der Waals surface area contributed by atoms with Gasteiger partial charge in [-0.3, -0.25) is 20.0 Å². The van der Waals surface area contributed by atoms with Crippen molar-refractivity contribution in [2.75, 3.05) is 13.1 Å². The van der Waals surface area contributed by atoms with Gasteiger partial charge in [-0.25, -0.2) is 0 Å². The van der Waals surface area contributed by atoms with Crippen LogP contribution in [0.5, 0.6) is 0 Å². The molecular weight excluding hydrogens is 251 g/mol. The van der Waals surface area contributed by atoms with E-state index in [1.165, 1.54) is 11.0 Å². The zero-order valence-corrected chi connectivity index (χ0v) is 9.28. The first kappa shape index (κ1) is 12.7. The van der Waals surface area contributed by atoms with E-state index in [-0.39, 0.29) is 18.8 Å². The number of hydrogen-bond acceptors (Lipinski definition) is 4. The number of rotatable bonds is 2. The summed E-state index contributed by atoms with van der Waals surface area (Å²) in [5.41, 5.74) is 0.946. The summed E-state index contributed by atoms with van der Waals surface area (Å²) in [6.45, 7) is -0.698. The summed E-state index contributed by atoms with van der Waals surface area (Å²) in [6, 6.07) is 1.30. The van der Waals surface area contributed by atoms with Gasteiger partial charge in [0, 0.05) is 31.3 Å². The number of aromatic nitrogens is 1. The van der Waals surface area contributed by atoms with E-state index < -0.39 is 17.6 Å². The lowest BCUT2D eigenvalue weighted by atomic mass is 10.1. The molecule has 1 aliphatic heterocycles. The van der Waals surface area contributed by atoms with Gasteiger partial charge in [-0.1, -0.05) is 0 Å². The lowest BCUT2D eigenvalue weighted by Gasteiger charge is -2.28. The average Bonchev–Trinajstić information content (AvgIpc) is 2.25. The topological polar surface area (TPSA) is 59.3 Å². The van der Waals surface area contributed by atoms with Crippen LogP contribution in [0.25, 0.3) is 0 Å². The molecule has 2 heterocycles. The maximum atomic E-state index is 12.3. The van der Waals surface area contributed by atoms with E-state index in [9.17, 15) is 23.3 Å². The molecule has 8 heteroatoms. The second-order valence-corrected chi connectivity index (χ2v) is 4.13. The monoisotopic (exact) mass is 261 g/mol. The molecule has 0 fully saturated rings. The molecule has 0 amide bonds. The van der Waals surface area contributed by atoms with Crippen molar-refractivity contribution in [1.82, 2.24) is 9.88 Å². The molecule has 0 N–H and O–H groups in total. The summed E-state index contributed by atoms with van der Waals surface area (Å²) in [5, 5.41) is 10.6. The van der Waals surface area contributed by atoms with Crippen LogP contribution in [0.3, 0.4) is 0 Å². The quantitative estimate of drug-likeness (QED) is 0.602. The number of alkyl halides is 3. The molecule has 0 aromatic carbocycles. The normalized spacial score (nSPS) is 16.4. The highest BCUT2D eigenvalue weighted by Gasteiger charge is 2.32. The highest BCUT2D eigenvalue weighted by molar-refractivity contribution is 5.35. The Morgan fingerprint density at radius 2 is 2.22 bits per heavy atom. The van der Waals surface area contributed by atoms with Crippen LogP contribution in [0.2, 0.25) is 0 Å². The van der Waals surface area contributed by atoms with Gasteiger partial charge in [-0.2, -0.15) is 13.2 Å². The van der Waals surface area contributed by atoms with Crippen LogP contribution < -0.4 is 0 Å². The third kappa shape index (κ3) is 2.95. The van der Waals surface area contributed by atoms with E-state index in [4.69, 9.17) is 0 Å². The van der Waals surface area contributed by atoms with E-state index in [0.717, 1.165) is 6.20 Å². The summed E-state index contributed by atoms with van der Waals surface area (Å²) >= 11 is 0. The van der Waals surface area contributed by atoms with Crippen LogP contribution >= 0.6 is 0 Å². The van der Waals surface area contributed by atoms with Crippen molar-refractivity contribution in [3.63, 3.8) is 0 Å². The Kier molecular flexibility index (Phi) is 3.20. The lowest BCUT2D eigenvalue weighted by molar-refractivity contribution is -0.385. The summed E-state index contributed by atoms with van der Waals surface area (Å²) < 4.78 is 36.8. The number of pyridine rings is 1. The third-order valence-corrected chi connectivity index (χ3v) is 2.72. The van der Waals surface area contributed by atoms with Crippen molar-refractivity contribution < 1.29 is 18.1 Å². The predicted molar refractivity (Wildman–Crippen MR) is 55.9 cm³/mol. The molecule has 1 aromatic rings. The van der Waals surface area contributed by atoms with Crippen molar-refractivity contribution in [2.45, 2.75) is 19.1 Å². The van der Waals surface area contributed by atoms with Gasteiger partial charge in [-0.05, 0) is 5.56 Å². The maximum absolute atomic E-state index is 12.3. The molecule has 0 radical (unpaired) electrons. The van der Waals surface area contributed by atoms with E-state index in [0.29, 0.717) is 17.7 Å². The van der Waals surface area contributed by atoms with E-state index >= 15 is 0 Å². The molecular formula is C10H10F3N3O2. The molecule has 0 saturated heterocycles. The highest BCUT2D eigenvalue weighted by atomic mass is 19.4. The number of nitrogens with zero attached hydrogens (tertiary/aromatic N) is 3. The Balaban J connectivity index is 2.17. The molecule has 5 nitrogen and oxygen atoms in total. The lowest BCUT2D eigenvalue weighted by Crippen LogP contribution is -2.38. The minimum atomic E-state index is -4.26. The summed E-state index contributed by atoms with van der Waals surface area (Å²) in [4.78, 5) is 15.1. The first-order chi connectivity index (χ1) is 8.35. The fraction of sp³-hybridized carbons (Fsp3) is 0.500. The summed E-state index contributed by atoms with van der Waals surface area (Å²) in [5.74, 6) is 0. The molecule has 0 spiro atoms. The molecule has 0 aliphatic carbocycles. The second kappa shape index (κ2) is 4.52. The Bertz CT molecular complexity index is 476. The van der Waals surface area contributed by atoms with Crippen LogP contribution in [-0.2, 0) is 13.0 Å². The molecule has 0 saturated carbocycles. The summed E-state index contributed by atoms with van der Waals surface area (Å²) in [6.07, 6.45) is -2.74. The van der Waals surface area contributed by atoms with Crippen molar-refractivity contribution in [1.29, 1.82) is 0 Å². The van der Waals surface area contributed by atoms with Gasteiger partial charge in [0.05, 0.1) is 11.5 Å². The standard InChI is InChI=1S/C10H10F3N3O2/c11-10(12,13)6-15-2-1-9-7(5-15)3-8(4-14-9)16(17)18/h3-4H,1-2,5-6H2. The molecule has 0 bridgehead atoms. The van der Waals surface area contributed by atoms with Crippen LogP contribution in [-0.4, -0.2) is 34.1 Å². The average molecular weight is 261 g/mol. The minimum absolute atomic E-state index is 0.0452. The number of fused-ring (bicyclic) bond motifs is 1. The van der Waals surface area contributed by atoms with E-state index in [1.54, 1.807) is 0 Å². The molecule has 1 aliphatic rings. The van der Waals surface area contributed by atoms with Crippen LogP contribution in [0.4, 0.5) is 18.9 Å². The third-order valence-electron chi connectivity index (χ3n) is 2.72. The molecule has 1 aromatic heterocycles. The zero-order valence-electron chi connectivity index (χ0n) is 9.28. The van der Waals surface area contributed by atoms with Gasteiger partial charge >= 0.3 is 6.18 Å². The predicted octanol–water partition coefficient (Wildman–Crippen LogP) is 1.91. The number of halogens is 3. The van der Waals surface area contributed by atoms with Crippen molar-refractivity contribution in [3.8, 4) is 0 Å². The van der Waals surface area contributed by atoms with Crippen molar-refractivity contribution in [3.05, 3.63) is 33.6 Å². The fourth-order valence-electron chi connectivity index (χ4n) is 1.96. The van der Waals surface area contributed by atoms with Crippen molar-refractivity contribution >= 4 is 5.69 Å². The molecule has 0 atom stereocenters. The van der Waals surface area contributed by atoms with Gasteiger partial charge in [0.25, 0.3) is 5.69 Å². The SMILES string of the molecule is O=[N+]([O-])c1cnc2c(c1)CN(CC(F)(F)F)CC2. The highest BCUT2D eigenvalue weighted by Crippen LogP contribution is 2.24. The smallest absolute Gasteiger partial charge is 0.290 e. The largest absolute Gasteiger partial charge is 0.401 e. The Labute approximate surface area is 100 Å².